The highest BCUT2D eigenvalue weighted by Gasteiger charge is 2.51. The van der Waals surface area contributed by atoms with Crippen LogP contribution >= 0.6 is 15.9 Å². The minimum atomic E-state index is -1.18. The summed E-state index contributed by atoms with van der Waals surface area (Å²) in [5, 5.41) is 0. The van der Waals surface area contributed by atoms with E-state index in [0.29, 0.717) is 19.3 Å². The van der Waals surface area contributed by atoms with Crippen LogP contribution in [0.3, 0.4) is 0 Å². The zero-order valence-electron chi connectivity index (χ0n) is 10.5. The number of ketones is 1. The van der Waals surface area contributed by atoms with Gasteiger partial charge < -0.3 is 9.47 Å². The second-order valence-electron chi connectivity index (χ2n) is 4.27. The second-order valence-corrected chi connectivity index (χ2v) is 5.38. The summed E-state index contributed by atoms with van der Waals surface area (Å²) < 4.78 is 9.57. The highest BCUT2D eigenvalue weighted by atomic mass is 79.9. The van der Waals surface area contributed by atoms with Crippen LogP contribution < -0.4 is 0 Å². The lowest BCUT2D eigenvalue weighted by Gasteiger charge is -2.26. The molecule has 1 rings (SSSR count). The Bertz CT molecular complexity index is 354. The first kappa shape index (κ1) is 15.1. The predicted octanol–water partition coefficient (Wildman–Crippen LogP) is 1.62. The van der Waals surface area contributed by atoms with Gasteiger partial charge in [-0.05, 0) is 26.2 Å². The molecule has 102 valence electrons. The number of halogens is 1. The number of methoxy groups -OCH3 is 1. The number of carbonyl (C=O) groups excluding carboxylic acids is 3. The van der Waals surface area contributed by atoms with Gasteiger partial charge in [-0.3, -0.25) is 14.4 Å². The topological polar surface area (TPSA) is 69.7 Å². The Labute approximate surface area is 114 Å². The maximum absolute atomic E-state index is 12.0. The van der Waals surface area contributed by atoms with Crippen molar-refractivity contribution in [1.82, 2.24) is 0 Å². The third-order valence-corrected chi connectivity index (χ3v) is 3.89. The molecule has 1 aliphatic carbocycles. The van der Waals surface area contributed by atoms with Crippen molar-refractivity contribution in [2.75, 3.05) is 13.7 Å². The summed E-state index contributed by atoms with van der Waals surface area (Å²) in [6, 6.07) is 0. The van der Waals surface area contributed by atoms with E-state index in [9.17, 15) is 14.4 Å². The summed E-state index contributed by atoms with van der Waals surface area (Å²) in [7, 11) is 1.27. The van der Waals surface area contributed by atoms with E-state index < -0.39 is 22.2 Å². The van der Waals surface area contributed by atoms with Crippen LogP contribution in [0.2, 0.25) is 0 Å². The molecule has 0 N–H and O–H groups in total. The van der Waals surface area contributed by atoms with Crippen molar-refractivity contribution >= 4 is 33.7 Å². The first-order valence-corrected chi connectivity index (χ1v) is 6.82. The van der Waals surface area contributed by atoms with Crippen LogP contribution in [-0.2, 0) is 23.9 Å². The Hall–Kier alpha value is -0.910. The highest BCUT2D eigenvalue weighted by Crippen LogP contribution is 2.41. The van der Waals surface area contributed by atoms with Gasteiger partial charge in [-0.2, -0.15) is 0 Å². The quantitative estimate of drug-likeness (QED) is 0.437. The summed E-state index contributed by atoms with van der Waals surface area (Å²) in [4.78, 5) is 34.7. The van der Waals surface area contributed by atoms with Gasteiger partial charge >= 0.3 is 11.9 Å². The molecule has 1 saturated carbocycles. The smallest absolute Gasteiger partial charge is 0.319 e. The molecule has 0 aromatic rings. The molecule has 2 unspecified atom stereocenters. The van der Waals surface area contributed by atoms with Gasteiger partial charge in [-0.15, -0.1) is 0 Å². The Morgan fingerprint density at radius 2 is 2.17 bits per heavy atom. The Morgan fingerprint density at radius 3 is 2.61 bits per heavy atom. The van der Waals surface area contributed by atoms with E-state index in [4.69, 9.17) is 4.74 Å². The standard InChI is InChI=1S/C12H17BrO5/c1-3-18-11(16)12(6-4-5-9(12)14)7-8(13)10(15)17-2/h8H,3-7H2,1-2H3. The number of esters is 2. The monoisotopic (exact) mass is 320 g/mol. The van der Waals surface area contributed by atoms with E-state index in [0.717, 1.165) is 0 Å². The molecule has 18 heavy (non-hydrogen) atoms. The average molecular weight is 321 g/mol. The lowest BCUT2D eigenvalue weighted by molar-refractivity contribution is -0.159. The minimum absolute atomic E-state index is 0.0946. The molecule has 2 atom stereocenters. The van der Waals surface area contributed by atoms with Crippen LogP contribution in [0.25, 0.3) is 0 Å². The minimum Gasteiger partial charge on any atom is -0.468 e. The number of ether oxygens (including phenoxy) is 2. The molecule has 0 aliphatic heterocycles. The van der Waals surface area contributed by atoms with Crippen molar-refractivity contribution in [2.24, 2.45) is 5.41 Å². The first-order chi connectivity index (χ1) is 8.47. The summed E-state index contributed by atoms with van der Waals surface area (Å²) in [6.07, 6.45) is 1.54. The molecule has 0 heterocycles. The van der Waals surface area contributed by atoms with Gasteiger partial charge in [0.15, 0.2) is 0 Å². The van der Waals surface area contributed by atoms with Crippen LogP contribution in [-0.4, -0.2) is 36.3 Å². The molecule has 6 heteroatoms. The molecule has 0 spiro atoms. The van der Waals surface area contributed by atoms with E-state index >= 15 is 0 Å². The molecule has 0 aromatic heterocycles. The normalized spacial score (nSPS) is 24.7. The third-order valence-electron chi connectivity index (χ3n) is 3.19. The van der Waals surface area contributed by atoms with E-state index in [1.54, 1.807) is 6.92 Å². The fourth-order valence-electron chi connectivity index (χ4n) is 2.23. The van der Waals surface area contributed by atoms with Gasteiger partial charge in [0, 0.05) is 6.42 Å². The molecule has 0 aromatic carbocycles. The number of rotatable bonds is 5. The summed E-state index contributed by atoms with van der Waals surface area (Å²) in [6.45, 7) is 1.91. The molecular formula is C12H17BrO5. The number of Topliss-reactive ketones (excluding diaryl/α,β-unsaturated/α-hetero) is 1. The lowest BCUT2D eigenvalue weighted by atomic mass is 9.80. The van der Waals surface area contributed by atoms with E-state index in [1.807, 2.05) is 0 Å². The maximum atomic E-state index is 12.0. The largest absolute Gasteiger partial charge is 0.468 e. The van der Waals surface area contributed by atoms with Crippen LogP contribution in [0.15, 0.2) is 0 Å². The van der Waals surface area contributed by atoms with Crippen molar-refractivity contribution < 1.29 is 23.9 Å². The summed E-state index contributed by atoms with van der Waals surface area (Å²) >= 11 is 3.16. The van der Waals surface area contributed by atoms with Gasteiger partial charge in [-0.1, -0.05) is 15.9 Å². The van der Waals surface area contributed by atoms with Crippen LogP contribution in [0.1, 0.15) is 32.6 Å². The first-order valence-electron chi connectivity index (χ1n) is 5.90. The molecule has 1 fully saturated rings. The Morgan fingerprint density at radius 1 is 1.50 bits per heavy atom. The molecule has 0 saturated heterocycles. The predicted molar refractivity (Wildman–Crippen MR) is 67.3 cm³/mol. The fraction of sp³-hybridized carbons (Fsp3) is 0.750. The fourth-order valence-corrected chi connectivity index (χ4v) is 2.97. The molecular weight excluding hydrogens is 304 g/mol. The van der Waals surface area contributed by atoms with Crippen molar-refractivity contribution in [3.63, 3.8) is 0 Å². The van der Waals surface area contributed by atoms with Crippen molar-refractivity contribution in [3.05, 3.63) is 0 Å². The molecule has 1 aliphatic rings. The van der Waals surface area contributed by atoms with E-state index in [2.05, 4.69) is 20.7 Å². The van der Waals surface area contributed by atoms with Gasteiger partial charge in [0.25, 0.3) is 0 Å². The summed E-state index contributed by atoms with van der Waals surface area (Å²) in [5.74, 6) is -1.16. The van der Waals surface area contributed by atoms with Crippen molar-refractivity contribution in [3.8, 4) is 0 Å². The second kappa shape index (κ2) is 6.31. The number of carbonyl (C=O) groups is 3. The molecule has 5 nitrogen and oxygen atoms in total. The van der Waals surface area contributed by atoms with Gasteiger partial charge in [0.05, 0.1) is 13.7 Å². The molecule has 0 radical (unpaired) electrons. The summed E-state index contributed by atoms with van der Waals surface area (Å²) in [5.41, 5.74) is -1.18. The van der Waals surface area contributed by atoms with Crippen LogP contribution in [0, 0.1) is 5.41 Å². The Balaban J connectivity index is 2.89. The molecule has 0 bridgehead atoms. The number of alkyl halides is 1. The van der Waals surface area contributed by atoms with Gasteiger partial charge in [0.2, 0.25) is 0 Å². The Kier molecular flexibility index (Phi) is 5.31. The van der Waals surface area contributed by atoms with Crippen molar-refractivity contribution in [2.45, 2.75) is 37.4 Å². The highest BCUT2D eigenvalue weighted by molar-refractivity contribution is 9.10. The number of hydrogen-bond donors (Lipinski definition) is 0. The maximum Gasteiger partial charge on any atom is 0.319 e. The SMILES string of the molecule is CCOC(=O)C1(CC(Br)C(=O)OC)CCCC1=O. The molecule has 0 amide bonds. The van der Waals surface area contributed by atoms with Crippen molar-refractivity contribution in [1.29, 1.82) is 0 Å². The lowest BCUT2D eigenvalue weighted by Crippen LogP contribution is -2.40. The van der Waals surface area contributed by atoms with Gasteiger partial charge in [0.1, 0.15) is 16.0 Å². The number of hydrogen-bond acceptors (Lipinski definition) is 5. The van der Waals surface area contributed by atoms with Gasteiger partial charge in [-0.25, -0.2) is 0 Å². The zero-order valence-corrected chi connectivity index (χ0v) is 12.1. The third kappa shape index (κ3) is 2.91. The average Bonchev–Trinajstić information content (AvgIpc) is 2.71. The van der Waals surface area contributed by atoms with E-state index in [-0.39, 0.29) is 18.8 Å². The van der Waals surface area contributed by atoms with E-state index in [1.165, 1.54) is 7.11 Å². The van der Waals surface area contributed by atoms with Crippen LogP contribution in [0.4, 0.5) is 0 Å². The van der Waals surface area contributed by atoms with Crippen LogP contribution in [0.5, 0.6) is 0 Å². The zero-order chi connectivity index (χ0) is 13.8.